The average molecular weight is 262 g/mol. The Bertz CT molecular complexity index is 383. The lowest BCUT2D eigenvalue weighted by molar-refractivity contribution is 0.246. The summed E-state index contributed by atoms with van der Waals surface area (Å²) in [6.07, 6.45) is 1.24. The number of likely N-dealkylation sites (N-methyl/N-ethyl adjacent to an activating group) is 1. The van der Waals surface area contributed by atoms with Gasteiger partial charge in [0.2, 0.25) is 0 Å². The fourth-order valence-electron chi connectivity index (χ4n) is 2.40. The Morgan fingerprint density at radius 1 is 1.16 bits per heavy atom. The molecule has 1 aromatic carbocycles. The van der Waals surface area contributed by atoms with Crippen molar-refractivity contribution in [2.75, 3.05) is 20.6 Å². The molecule has 0 aliphatic carbocycles. The largest absolute Gasteiger partial charge is 0.311 e. The molecule has 0 saturated heterocycles. The Morgan fingerprint density at radius 2 is 1.84 bits per heavy atom. The molecule has 0 bridgehead atoms. The Balaban J connectivity index is 2.50. The summed E-state index contributed by atoms with van der Waals surface area (Å²) in [6.45, 7) is 11.0. The first-order chi connectivity index (χ1) is 8.91. The Kier molecular flexibility index (Phi) is 6.53. The second-order valence-electron chi connectivity index (χ2n) is 6.24. The van der Waals surface area contributed by atoms with E-state index in [9.17, 15) is 0 Å². The number of aryl methyl sites for hydroxylation is 1. The van der Waals surface area contributed by atoms with Gasteiger partial charge in [0.15, 0.2) is 0 Å². The van der Waals surface area contributed by atoms with Gasteiger partial charge in [0, 0.05) is 19.1 Å². The predicted molar refractivity (Wildman–Crippen MR) is 84.6 cm³/mol. The van der Waals surface area contributed by atoms with Gasteiger partial charge in [-0.25, -0.2) is 0 Å². The molecule has 0 radical (unpaired) electrons. The molecule has 0 fully saturated rings. The van der Waals surface area contributed by atoms with Gasteiger partial charge in [-0.15, -0.1) is 0 Å². The van der Waals surface area contributed by atoms with Crippen LogP contribution in [0, 0.1) is 19.8 Å². The monoisotopic (exact) mass is 262 g/mol. The topological polar surface area (TPSA) is 15.3 Å². The third-order valence-corrected chi connectivity index (χ3v) is 3.89. The minimum absolute atomic E-state index is 0.616. The van der Waals surface area contributed by atoms with E-state index in [4.69, 9.17) is 0 Å². The number of hydrogen-bond donors (Lipinski definition) is 1. The normalized spacial score (nSPS) is 13.3. The summed E-state index contributed by atoms with van der Waals surface area (Å²) in [6, 6.07) is 7.17. The molecular formula is C17H30N2. The molecule has 0 saturated carbocycles. The lowest BCUT2D eigenvalue weighted by atomic mass is 10.0. The van der Waals surface area contributed by atoms with Crippen LogP contribution in [0.4, 0.5) is 0 Å². The van der Waals surface area contributed by atoms with Crippen molar-refractivity contribution >= 4 is 0 Å². The van der Waals surface area contributed by atoms with Crippen molar-refractivity contribution in [3.05, 3.63) is 34.9 Å². The van der Waals surface area contributed by atoms with Crippen molar-refractivity contribution in [3.63, 3.8) is 0 Å². The zero-order valence-corrected chi connectivity index (χ0v) is 13.5. The summed E-state index contributed by atoms with van der Waals surface area (Å²) in [5.41, 5.74) is 4.22. The molecule has 0 heterocycles. The quantitative estimate of drug-likeness (QED) is 0.810. The van der Waals surface area contributed by atoms with Gasteiger partial charge < -0.3 is 10.2 Å². The highest BCUT2D eigenvalue weighted by atomic mass is 15.1. The molecule has 1 rings (SSSR count). The maximum Gasteiger partial charge on any atom is 0.0217 e. The molecule has 2 heteroatoms. The van der Waals surface area contributed by atoms with Crippen LogP contribution in [0.5, 0.6) is 0 Å². The summed E-state index contributed by atoms with van der Waals surface area (Å²) >= 11 is 0. The molecule has 0 spiro atoms. The number of benzene rings is 1. The zero-order valence-electron chi connectivity index (χ0n) is 13.5. The molecule has 108 valence electrons. The van der Waals surface area contributed by atoms with E-state index in [1.54, 1.807) is 0 Å². The number of nitrogens with one attached hydrogen (secondary N) is 1. The fourth-order valence-corrected chi connectivity index (χ4v) is 2.40. The van der Waals surface area contributed by atoms with E-state index in [0.717, 1.165) is 19.0 Å². The van der Waals surface area contributed by atoms with Crippen LogP contribution < -0.4 is 5.32 Å². The molecule has 1 N–H and O–H groups in total. The number of nitrogens with zero attached hydrogens (tertiary/aromatic N) is 1. The van der Waals surface area contributed by atoms with Gasteiger partial charge in [-0.05, 0) is 57.0 Å². The van der Waals surface area contributed by atoms with Crippen LogP contribution >= 0.6 is 0 Å². The summed E-state index contributed by atoms with van der Waals surface area (Å²) in [5, 5.41) is 3.61. The van der Waals surface area contributed by atoms with E-state index in [2.05, 4.69) is 70.2 Å². The minimum Gasteiger partial charge on any atom is -0.311 e. The van der Waals surface area contributed by atoms with Crippen molar-refractivity contribution in [3.8, 4) is 0 Å². The first-order valence-electron chi connectivity index (χ1n) is 7.34. The standard InChI is InChI=1S/C17H30N2/c1-13(2)10-17(19(5)6)12-18-11-16-9-7-8-14(3)15(16)4/h7-9,13,17-18H,10-12H2,1-6H3. The van der Waals surface area contributed by atoms with Crippen LogP contribution in [-0.4, -0.2) is 31.6 Å². The molecule has 19 heavy (non-hydrogen) atoms. The summed E-state index contributed by atoms with van der Waals surface area (Å²) in [4.78, 5) is 2.33. The highest BCUT2D eigenvalue weighted by molar-refractivity contribution is 5.32. The zero-order chi connectivity index (χ0) is 14.4. The molecule has 0 aliphatic rings. The smallest absolute Gasteiger partial charge is 0.0217 e. The molecular weight excluding hydrogens is 232 g/mol. The van der Waals surface area contributed by atoms with Crippen LogP contribution in [0.25, 0.3) is 0 Å². The van der Waals surface area contributed by atoms with Crippen molar-refractivity contribution < 1.29 is 0 Å². The summed E-state index contributed by atoms with van der Waals surface area (Å²) in [7, 11) is 4.35. The van der Waals surface area contributed by atoms with Crippen LogP contribution in [0.15, 0.2) is 18.2 Å². The van der Waals surface area contributed by atoms with E-state index in [1.165, 1.54) is 23.1 Å². The summed E-state index contributed by atoms with van der Waals surface area (Å²) < 4.78 is 0. The van der Waals surface area contributed by atoms with Gasteiger partial charge in [0.05, 0.1) is 0 Å². The SMILES string of the molecule is Cc1cccc(CNCC(CC(C)C)N(C)C)c1C. The van der Waals surface area contributed by atoms with Gasteiger partial charge in [-0.3, -0.25) is 0 Å². The molecule has 1 unspecified atom stereocenters. The fraction of sp³-hybridized carbons (Fsp3) is 0.647. The van der Waals surface area contributed by atoms with Gasteiger partial charge in [-0.2, -0.15) is 0 Å². The van der Waals surface area contributed by atoms with Crippen LogP contribution in [0.1, 0.15) is 37.0 Å². The molecule has 1 aromatic rings. The molecule has 1 atom stereocenters. The second kappa shape index (κ2) is 7.66. The second-order valence-corrected chi connectivity index (χ2v) is 6.24. The van der Waals surface area contributed by atoms with Crippen molar-refractivity contribution in [2.45, 2.75) is 46.7 Å². The maximum atomic E-state index is 3.61. The van der Waals surface area contributed by atoms with Crippen molar-refractivity contribution in [2.24, 2.45) is 5.92 Å². The molecule has 0 aliphatic heterocycles. The first kappa shape index (κ1) is 16.2. The van der Waals surface area contributed by atoms with E-state index in [0.29, 0.717) is 6.04 Å². The molecule has 2 nitrogen and oxygen atoms in total. The van der Waals surface area contributed by atoms with Gasteiger partial charge >= 0.3 is 0 Å². The van der Waals surface area contributed by atoms with Gasteiger partial charge in [-0.1, -0.05) is 32.0 Å². The highest BCUT2D eigenvalue weighted by Gasteiger charge is 2.12. The first-order valence-corrected chi connectivity index (χ1v) is 7.34. The predicted octanol–water partition coefficient (Wildman–Crippen LogP) is 3.37. The van der Waals surface area contributed by atoms with Gasteiger partial charge in [0.1, 0.15) is 0 Å². The van der Waals surface area contributed by atoms with Crippen molar-refractivity contribution in [1.29, 1.82) is 0 Å². The van der Waals surface area contributed by atoms with E-state index in [1.807, 2.05) is 0 Å². The summed E-state index contributed by atoms with van der Waals surface area (Å²) in [5.74, 6) is 0.745. The van der Waals surface area contributed by atoms with E-state index in [-0.39, 0.29) is 0 Å². The average Bonchev–Trinajstić information content (AvgIpc) is 2.32. The van der Waals surface area contributed by atoms with Crippen LogP contribution in [-0.2, 0) is 6.54 Å². The van der Waals surface area contributed by atoms with Crippen LogP contribution in [0.3, 0.4) is 0 Å². The Hall–Kier alpha value is -0.860. The number of rotatable bonds is 7. The third kappa shape index (κ3) is 5.33. The lowest BCUT2D eigenvalue weighted by Crippen LogP contribution is -2.38. The third-order valence-electron chi connectivity index (χ3n) is 3.89. The Labute approximate surface area is 119 Å². The molecule has 0 amide bonds. The maximum absolute atomic E-state index is 3.61. The highest BCUT2D eigenvalue weighted by Crippen LogP contribution is 2.13. The van der Waals surface area contributed by atoms with Crippen LogP contribution in [0.2, 0.25) is 0 Å². The lowest BCUT2D eigenvalue weighted by Gasteiger charge is -2.26. The number of hydrogen-bond acceptors (Lipinski definition) is 2. The van der Waals surface area contributed by atoms with E-state index >= 15 is 0 Å². The minimum atomic E-state index is 0.616. The van der Waals surface area contributed by atoms with E-state index < -0.39 is 0 Å². The van der Waals surface area contributed by atoms with Gasteiger partial charge in [0.25, 0.3) is 0 Å². The Morgan fingerprint density at radius 3 is 2.42 bits per heavy atom. The molecule has 0 aromatic heterocycles. The van der Waals surface area contributed by atoms with Crippen molar-refractivity contribution in [1.82, 2.24) is 10.2 Å².